The summed E-state index contributed by atoms with van der Waals surface area (Å²) >= 11 is 0. The molecule has 0 aliphatic carbocycles. The SMILES string of the molecule is O=[N+]([O-])c1ccc(N[C@@H]2CCN(C[C@@H](O)c3cccc(F)c3)C2)nc1. The van der Waals surface area contributed by atoms with Crippen molar-refractivity contribution in [1.29, 1.82) is 0 Å². The summed E-state index contributed by atoms with van der Waals surface area (Å²) in [6, 6.07) is 9.13. The summed E-state index contributed by atoms with van der Waals surface area (Å²) in [4.78, 5) is 16.3. The van der Waals surface area contributed by atoms with Gasteiger partial charge in [-0.25, -0.2) is 9.37 Å². The molecule has 1 aromatic heterocycles. The monoisotopic (exact) mass is 346 g/mol. The Morgan fingerprint density at radius 1 is 1.44 bits per heavy atom. The molecule has 1 fully saturated rings. The molecular formula is C17H19FN4O3. The largest absolute Gasteiger partial charge is 0.387 e. The number of hydrogen-bond donors (Lipinski definition) is 2. The fraction of sp³-hybridized carbons (Fsp3) is 0.353. The second-order valence-electron chi connectivity index (χ2n) is 6.12. The highest BCUT2D eigenvalue weighted by molar-refractivity contribution is 5.41. The van der Waals surface area contributed by atoms with Crippen LogP contribution in [0.15, 0.2) is 42.6 Å². The summed E-state index contributed by atoms with van der Waals surface area (Å²) in [5.41, 5.74) is 0.519. The Kier molecular flexibility index (Phi) is 5.20. The summed E-state index contributed by atoms with van der Waals surface area (Å²) in [6.45, 7) is 1.94. The van der Waals surface area contributed by atoms with Gasteiger partial charge < -0.3 is 10.4 Å². The average Bonchev–Trinajstić information content (AvgIpc) is 3.02. The molecule has 0 radical (unpaired) electrons. The van der Waals surface area contributed by atoms with E-state index < -0.39 is 11.0 Å². The van der Waals surface area contributed by atoms with Crippen molar-refractivity contribution in [1.82, 2.24) is 9.88 Å². The molecule has 8 heteroatoms. The van der Waals surface area contributed by atoms with Crippen LogP contribution in [0, 0.1) is 15.9 Å². The minimum atomic E-state index is -0.744. The van der Waals surface area contributed by atoms with Crippen molar-refractivity contribution >= 4 is 11.5 Å². The van der Waals surface area contributed by atoms with Gasteiger partial charge in [0.1, 0.15) is 17.8 Å². The molecule has 0 saturated carbocycles. The third kappa shape index (κ3) is 4.49. The first-order chi connectivity index (χ1) is 12.0. The van der Waals surface area contributed by atoms with Crippen LogP contribution in [0.25, 0.3) is 0 Å². The van der Waals surface area contributed by atoms with Crippen LogP contribution in [0.3, 0.4) is 0 Å². The first-order valence-corrected chi connectivity index (χ1v) is 8.04. The number of likely N-dealkylation sites (tertiary alicyclic amines) is 1. The van der Waals surface area contributed by atoms with Crippen molar-refractivity contribution in [3.8, 4) is 0 Å². The predicted octanol–water partition coefficient (Wildman–Crippen LogP) is 2.35. The fourth-order valence-corrected chi connectivity index (χ4v) is 2.97. The first kappa shape index (κ1) is 17.2. The number of anilines is 1. The van der Waals surface area contributed by atoms with Crippen LogP contribution in [-0.4, -0.2) is 45.6 Å². The van der Waals surface area contributed by atoms with Crippen LogP contribution in [0.4, 0.5) is 15.9 Å². The van der Waals surface area contributed by atoms with Crippen LogP contribution >= 0.6 is 0 Å². The van der Waals surface area contributed by atoms with Gasteiger partial charge in [0.2, 0.25) is 0 Å². The van der Waals surface area contributed by atoms with Gasteiger partial charge in [-0.2, -0.15) is 0 Å². The van der Waals surface area contributed by atoms with Gasteiger partial charge in [0.15, 0.2) is 0 Å². The quantitative estimate of drug-likeness (QED) is 0.616. The molecule has 2 atom stereocenters. The van der Waals surface area contributed by atoms with E-state index in [2.05, 4.69) is 15.2 Å². The van der Waals surface area contributed by atoms with Crippen molar-refractivity contribution in [2.75, 3.05) is 25.0 Å². The maximum absolute atomic E-state index is 13.2. The maximum Gasteiger partial charge on any atom is 0.287 e. The van der Waals surface area contributed by atoms with Crippen molar-refractivity contribution in [3.63, 3.8) is 0 Å². The van der Waals surface area contributed by atoms with Crippen LogP contribution in [0.2, 0.25) is 0 Å². The second kappa shape index (κ2) is 7.54. The lowest BCUT2D eigenvalue weighted by molar-refractivity contribution is -0.385. The van der Waals surface area contributed by atoms with Gasteiger partial charge in [-0.05, 0) is 30.2 Å². The molecule has 0 bridgehead atoms. The number of hydrogen-bond acceptors (Lipinski definition) is 6. The summed E-state index contributed by atoms with van der Waals surface area (Å²) in [7, 11) is 0. The molecule has 2 heterocycles. The van der Waals surface area contributed by atoms with E-state index in [-0.39, 0.29) is 17.5 Å². The van der Waals surface area contributed by atoms with Crippen molar-refractivity contribution < 1.29 is 14.4 Å². The van der Waals surface area contributed by atoms with E-state index in [4.69, 9.17) is 0 Å². The number of pyridine rings is 1. The fourth-order valence-electron chi connectivity index (χ4n) is 2.97. The zero-order chi connectivity index (χ0) is 17.8. The van der Waals surface area contributed by atoms with Gasteiger partial charge in [0.25, 0.3) is 5.69 Å². The van der Waals surface area contributed by atoms with Crippen molar-refractivity contribution in [2.45, 2.75) is 18.6 Å². The lowest BCUT2D eigenvalue weighted by atomic mass is 10.1. The van der Waals surface area contributed by atoms with E-state index >= 15 is 0 Å². The summed E-state index contributed by atoms with van der Waals surface area (Å²) < 4.78 is 13.2. The highest BCUT2D eigenvalue weighted by Gasteiger charge is 2.25. The molecule has 1 saturated heterocycles. The Bertz CT molecular complexity index is 741. The smallest absolute Gasteiger partial charge is 0.287 e. The molecule has 7 nitrogen and oxygen atoms in total. The molecule has 25 heavy (non-hydrogen) atoms. The minimum Gasteiger partial charge on any atom is -0.387 e. The highest BCUT2D eigenvalue weighted by Crippen LogP contribution is 2.20. The molecule has 1 aliphatic heterocycles. The van der Waals surface area contributed by atoms with Crippen LogP contribution in [-0.2, 0) is 0 Å². The number of aromatic nitrogens is 1. The van der Waals surface area contributed by atoms with E-state index in [9.17, 15) is 19.6 Å². The molecule has 2 aromatic rings. The molecule has 1 aromatic carbocycles. The van der Waals surface area contributed by atoms with Crippen molar-refractivity contribution in [2.24, 2.45) is 0 Å². The number of aliphatic hydroxyl groups is 1. The molecule has 3 rings (SSSR count). The molecule has 0 spiro atoms. The Hall–Kier alpha value is -2.58. The topological polar surface area (TPSA) is 91.5 Å². The number of rotatable bonds is 6. The van der Waals surface area contributed by atoms with E-state index in [0.29, 0.717) is 24.5 Å². The zero-order valence-electron chi connectivity index (χ0n) is 13.5. The van der Waals surface area contributed by atoms with Gasteiger partial charge in [0, 0.05) is 31.7 Å². The summed E-state index contributed by atoms with van der Waals surface area (Å²) in [5, 5.41) is 24.1. The number of nitrogens with zero attached hydrogens (tertiary/aromatic N) is 3. The minimum absolute atomic E-state index is 0.0446. The van der Waals surface area contributed by atoms with Crippen LogP contribution in [0.5, 0.6) is 0 Å². The standard InChI is InChI=1S/C17H19FN4O3/c18-13-3-1-2-12(8-13)16(23)11-21-7-6-14(10-21)20-17-5-4-15(9-19-17)22(24)25/h1-5,8-9,14,16,23H,6-7,10-11H2,(H,19,20)/t14-,16-/m1/s1. The first-order valence-electron chi connectivity index (χ1n) is 8.04. The third-order valence-electron chi connectivity index (χ3n) is 4.25. The van der Waals surface area contributed by atoms with E-state index in [1.165, 1.54) is 24.4 Å². The molecule has 0 unspecified atom stereocenters. The van der Waals surface area contributed by atoms with E-state index in [0.717, 1.165) is 13.0 Å². The predicted molar refractivity (Wildman–Crippen MR) is 90.7 cm³/mol. The molecular weight excluding hydrogens is 327 g/mol. The highest BCUT2D eigenvalue weighted by atomic mass is 19.1. The van der Waals surface area contributed by atoms with E-state index in [1.807, 2.05) is 0 Å². The number of nitrogens with one attached hydrogen (secondary N) is 1. The third-order valence-corrected chi connectivity index (χ3v) is 4.25. The second-order valence-corrected chi connectivity index (χ2v) is 6.12. The normalized spacial score (nSPS) is 18.9. The zero-order valence-corrected chi connectivity index (χ0v) is 13.5. The van der Waals surface area contributed by atoms with Gasteiger partial charge in [-0.15, -0.1) is 0 Å². The average molecular weight is 346 g/mol. The number of β-amino-alcohol motifs (C(OH)–C–C–N with tert-alkyl or cyclic N) is 1. The number of benzene rings is 1. The summed E-state index contributed by atoms with van der Waals surface area (Å²) in [5.74, 6) is 0.227. The Morgan fingerprint density at radius 2 is 2.28 bits per heavy atom. The van der Waals surface area contributed by atoms with Gasteiger partial charge in [0.05, 0.1) is 11.0 Å². The number of nitro groups is 1. The van der Waals surface area contributed by atoms with Gasteiger partial charge in [-0.3, -0.25) is 15.0 Å². The van der Waals surface area contributed by atoms with E-state index in [1.54, 1.807) is 18.2 Å². The molecule has 0 amide bonds. The lowest BCUT2D eigenvalue weighted by Gasteiger charge is -2.20. The molecule has 2 N–H and O–H groups in total. The Morgan fingerprint density at radius 3 is 2.96 bits per heavy atom. The van der Waals surface area contributed by atoms with Gasteiger partial charge in [-0.1, -0.05) is 12.1 Å². The number of halogens is 1. The lowest BCUT2D eigenvalue weighted by Crippen LogP contribution is -2.30. The Balaban J connectivity index is 1.52. The molecule has 132 valence electrons. The summed E-state index contributed by atoms with van der Waals surface area (Å²) in [6.07, 6.45) is 1.35. The maximum atomic E-state index is 13.2. The van der Waals surface area contributed by atoms with Crippen molar-refractivity contribution in [3.05, 3.63) is 64.1 Å². The van der Waals surface area contributed by atoms with Gasteiger partial charge >= 0.3 is 0 Å². The number of aliphatic hydroxyl groups excluding tert-OH is 1. The van der Waals surface area contributed by atoms with Crippen LogP contribution in [0.1, 0.15) is 18.1 Å². The Labute approximate surface area is 144 Å². The van der Waals surface area contributed by atoms with Crippen LogP contribution < -0.4 is 5.32 Å². The molecule has 1 aliphatic rings.